The molecule has 9 heteroatoms. The number of halogens is 1. The van der Waals surface area contributed by atoms with Gasteiger partial charge >= 0.3 is 0 Å². The van der Waals surface area contributed by atoms with Crippen LogP contribution in [-0.4, -0.2) is 39.4 Å². The SMILES string of the molecule is COc1cccc(NC(=O)CC(=O)NN=Cc2cc(Br)c(OC)c(OC)c2)c1. The second-order valence-corrected chi connectivity index (χ2v) is 6.34. The number of nitrogens with one attached hydrogen (secondary N) is 2. The number of amides is 2. The number of methoxy groups -OCH3 is 3. The van der Waals surface area contributed by atoms with E-state index in [1.54, 1.807) is 36.4 Å². The van der Waals surface area contributed by atoms with Gasteiger partial charge in [0.2, 0.25) is 11.8 Å². The minimum atomic E-state index is -0.545. The second-order valence-electron chi connectivity index (χ2n) is 5.49. The lowest BCUT2D eigenvalue weighted by molar-refractivity contribution is -0.126. The van der Waals surface area contributed by atoms with Crippen molar-refractivity contribution in [1.29, 1.82) is 0 Å². The molecule has 8 nitrogen and oxygen atoms in total. The summed E-state index contributed by atoms with van der Waals surface area (Å²) < 4.78 is 16.2. The van der Waals surface area contributed by atoms with Crippen molar-refractivity contribution in [2.45, 2.75) is 6.42 Å². The molecule has 0 heterocycles. The highest BCUT2D eigenvalue weighted by Crippen LogP contribution is 2.35. The van der Waals surface area contributed by atoms with E-state index in [0.29, 0.717) is 33.0 Å². The number of ether oxygens (including phenoxy) is 3. The van der Waals surface area contributed by atoms with Crippen LogP contribution in [0.1, 0.15) is 12.0 Å². The van der Waals surface area contributed by atoms with Crippen molar-refractivity contribution in [3.05, 3.63) is 46.4 Å². The van der Waals surface area contributed by atoms with Crippen molar-refractivity contribution in [2.24, 2.45) is 5.10 Å². The molecule has 2 aromatic rings. The summed E-state index contributed by atoms with van der Waals surface area (Å²) in [6, 6.07) is 10.3. The van der Waals surface area contributed by atoms with Crippen LogP contribution in [0.2, 0.25) is 0 Å². The summed E-state index contributed by atoms with van der Waals surface area (Å²) in [6.45, 7) is 0. The van der Waals surface area contributed by atoms with Gasteiger partial charge in [-0.25, -0.2) is 5.43 Å². The Morgan fingerprint density at radius 3 is 2.54 bits per heavy atom. The van der Waals surface area contributed by atoms with Crippen molar-refractivity contribution < 1.29 is 23.8 Å². The van der Waals surface area contributed by atoms with Crippen molar-refractivity contribution in [3.8, 4) is 17.2 Å². The van der Waals surface area contributed by atoms with E-state index in [0.717, 1.165) is 0 Å². The number of nitrogens with zero attached hydrogens (tertiary/aromatic N) is 1. The fraction of sp³-hybridized carbons (Fsp3) is 0.211. The van der Waals surface area contributed by atoms with E-state index in [4.69, 9.17) is 14.2 Å². The van der Waals surface area contributed by atoms with Gasteiger partial charge in [-0.3, -0.25) is 9.59 Å². The third kappa shape index (κ3) is 5.98. The lowest BCUT2D eigenvalue weighted by atomic mass is 10.2. The fourth-order valence-electron chi connectivity index (χ4n) is 2.28. The minimum Gasteiger partial charge on any atom is -0.497 e. The van der Waals surface area contributed by atoms with E-state index in [-0.39, 0.29) is 6.42 Å². The van der Waals surface area contributed by atoms with Gasteiger partial charge < -0.3 is 19.5 Å². The smallest absolute Gasteiger partial charge is 0.249 e. The standard InChI is InChI=1S/C19H20BrN3O5/c1-26-14-6-4-5-13(9-14)22-17(24)10-18(25)23-21-11-12-7-15(20)19(28-3)16(8-12)27-2/h4-9,11H,10H2,1-3H3,(H,22,24)(H,23,25). The monoisotopic (exact) mass is 449 g/mol. The molecule has 0 fully saturated rings. The molecule has 0 aliphatic heterocycles. The summed E-state index contributed by atoms with van der Waals surface area (Å²) in [7, 11) is 4.59. The van der Waals surface area contributed by atoms with Crippen LogP contribution in [0, 0.1) is 0 Å². The largest absolute Gasteiger partial charge is 0.497 e. The average molecular weight is 450 g/mol. The Bertz CT molecular complexity index is 886. The van der Waals surface area contributed by atoms with Crippen LogP contribution in [0.3, 0.4) is 0 Å². The topological polar surface area (TPSA) is 98.2 Å². The molecule has 2 rings (SSSR count). The quantitative estimate of drug-likeness (QED) is 0.366. The Kier molecular flexibility index (Phi) is 7.82. The molecule has 148 valence electrons. The van der Waals surface area contributed by atoms with E-state index in [1.165, 1.54) is 27.5 Å². The molecule has 2 amide bonds. The molecule has 0 bridgehead atoms. The molecular formula is C19H20BrN3O5. The third-order valence-corrected chi connectivity index (χ3v) is 4.12. The van der Waals surface area contributed by atoms with Crippen molar-refractivity contribution in [3.63, 3.8) is 0 Å². The molecule has 2 N–H and O–H groups in total. The molecule has 0 radical (unpaired) electrons. The molecule has 28 heavy (non-hydrogen) atoms. The van der Waals surface area contributed by atoms with E-state index < -0.39 is 11.8 Å². The zero-order valence-electron chi connectivity index (χ0n) is 15.6. The molecule has 0 aliphatic rings. The Labute approximate surface area is 171 Å². The summed E-state index contributed by atoms with van der Waals surface area (Å²) in [5.41, 5.74) is 3.52. The number of hydrogen-bond donors (Lipinski definition) is 2. The van der Waals surface area contributed by atoms with Gasteiger partial charge in [0.1, 0.15) is 12.2 Å². The summed E-state index contributed by atoms with van der Waals surface area (Å²) >= 11 is 3.38. The van der Waals surface area contributed by atoms with E-state index in [1.807, 2.05) is 0 Å². The predicted octanol–water partition coefficient (Wildman–Crippen LogP) is 2.95. The number of hydrazone groups is 1. The van der Waals surface area contributed by atoms with Crippen LogP contribution in [0.15, 0.2) is 46.0 Å². The Morgan fingerprint density at radius 2 is 1.86 bits per heavy atom. The number of rotatable bonds is 8. The molecule has 0 spiro atoms. The molecule has 0 saturated heterocycles. The summed E-state index contributed by atoms with van der Waals surface area (Å²) in [5, 5.41) is 6.48. The van der Waals surface area contributed by atoms with Gasteiger partial charge in [0.15, 0.2) is 11.5 Å². The van der Waals surface area contributed by atoms with Gasteiger partial charge in [0.05, 0.1) is 32.0 Å². The number of carbonyl (C=O) groups excluding carboxylic acids is 2. The number of hydrogen-bond acceptors (Lipinski definition) is 6. The summed E-state index contributed by atoms with van der Waals surface area (Å²) in [6.07, 6.45) is 1.06. The zero-order valence-corrected chi connectivity index (χ0v) is 17.2. The number of carbonyl (C=O) groups is 2. The van der Waals surface area contributed by atoms with Crippen LogP contribution < -0.4 is 25.0 Å². The van der Waals surface area contributed by atoms with Crippen molar-refractivity contribution in [1.82, 2.24) is 5.43 Å². The first-order chi connectivity index (χ1) is 13.5. The number of benzene rings is 2. The first-order valence-corrected chi connectivity index (χ1v) is 8.93. The van der Waals surface area contributed by atoms with Crippen LogP contribution in [0.4, 0.5) is 5.69 Å². The van der Waals surface area contributed by atoms with Crippen LogP contribution >= 0.6 is 15.9 Å². The molecular weight excluding hydrogens is 430 g/mol. The van der Waals surface area contributed by atoms with Gasteiger partial charge in [-0.05, 0) is 45.8 Å². The molecule has 0 atom stereocenters. The Morgan fingerprint density at radius 1 is 1.07 bits per heavy atom. The first kappa shape index (κ1) is 21.2. The van der Waals surface area contributed by atoms with Gasteiger partial charge in [-0.1, -0.05) is 6.07 Å². The maximum atomic E-state index is 12.0. The van der Waals surface area contributed by atoms with Crippen molar-refractivity contribution in [2.75, 3.05) is 26.6 Å². The normalized spacial score (nSPS) is 10.4. The maximum absolute atomic E-state index is 12.0. The predicted molar refractivity (Wildman–Crippen MR) is 109 cm³/mol. The van der Waals surface area contributed by atoms with Crippen LogP contribution in [0.25, 0.3) is 0 Å². The highest BCUT2D eigenvalue weighted by Gasteiger charge is 2.11. The van der Waals surface area contributed by atoms with Gasteiger partial charge in [0, 0.05) is 11.8 Å². The lowest BCUT2D eigenvalue weighted by Crippen LogP contribution is -2.24. The van der Waals surface area contributed by atoms with Gasteiger partial charge in [0.25, 0.3) is 0 Å². The number of anilines is 1. The minimum absolute atomic E-state index is 0.371. The first-order valence-electron chi connectivity index (χ1n) is 8.14. The van der Waals surface area contributed by atoms with Crippen molar-refractivity contribution >= 4 is 39.6 Å². The third-order valence-electron chi connectivity index (χ3n) is 3.53. The Balaban J connectivity index is 1.91. The lowest BCUT2D eigenvalue weighted by Gasteiger charge is -2.10. The maximum Gasteiger partial charge on any atom is 0.249 e. The molecule has 0 unspecified atom stereocenters. The fourth-order valence-corrected chi connectivity index (χ4v) is 2.90. The van der Waals surface area contributed by atoms with Gasteiger partial charge in [-0.15, -0.1) is 0 Å². The summed E-state index contributed by atoms with van der Waals surface area (Å²) in [5.74, 6) is 0.666. The second kappa shape index (κ2) is 10.3. The van der Waals surface area contributed by atoms with Crippen LogP contribution in [0.5, 0.6) is 17.2 Å². The average Bonchev–Trinajstić information content (AvgIpc) is 2.67. The van der Waals surface area contributed by atoms with Gasteiger partial charge in [-0.2, -0.15) is 5.10 Å². The summed E-state index contributed by atoms with van der Waals surface area (Å²) in [4.78, 5) is 23.8. The van der Waals surface area contributed by atoms with Crippen LogP contribution in [-0.2, 0) is 9.59 Å². The molecule has 0 saturated carbocycles. The molecule has 0 aliphatic carbocycles. The Hall–Kier alpha value is -3.07. The highest BCUT2D eigenvalue weighted by atomic mass is 79.9. The van der Waals surface area contributed by atoms with E-state index in [9.17, 15) is 9.59 Å². The zero-order chi connectivity index (χ0) is 20.5. The molecule has 2 aromatic carbocycles. The molecule has 0 aromatic heterocycles. The highest BCUT2D eigenvalue weighted by molar-refractivity contribution is 9.10. The van der Waals surface area contributed by atoms with E-state index in [2.05, 4.69) is 31.8 Å². The van der Waals surface area contributed by atoms with E-state index >= 15 is 0 Å².